The van der Waals surface area contributed by atoms with Crippen LogP contribution in [0, 0.1) is 10.1 Å². The van der Waals surface area contributed by atoms with E-state index in [0.717, 1.165) is 5.76 Å². The summed E-state index contributed by atoms with van der Waals surface area (Å²) in [4.78, 5) is 24.7. The first-order valence-corrected chi connectivity index (χ1v) is 7.24. The van der Waals surface area contributed by atoms with Gasteiger partial charge in [-0.3, -0.25) is 19.8 Å². The van der Waals surface area contributed by atoms with Crippen LogP contribution in [0.1, 0.15) is 22.2 Å². The monoisotopic (exact) mass is 333 g/mol. The molecule has 0 fully saturated rings. The highest BCUT2D eigenvalue weighted by Crippen LogP contribution is 2.27. The van der Waals surface area contributed by atoms with Crippen LogP contribution >= 0.6 is 0 Å². The van der Waals surface area contributed by atoms with Gasteiger partial charge in [0.25, 0.3) is 5.91 Å². The summed E-state index contributed by atoms with van der Waals surface area (Å²) >= 11 is 0. The van der Waals surface area contributed by atoms with Gasteiger partial charge < -0.3 is 14.5 Å². The zero-order valence-corrected chi connectivity index (χ0v) is 13.7. The second-order valence-corrected chi connectivity index (χ2v) is 5.35. The Balaban J connectivity index is 2.12. The molecular weight excluding hydrogens is 314 g/mol. The van der Waals surface area contributed by atoms with Gasteiger partial charge in [0.05, 0.1) is 24.3 Å². The van der Waals surface area contributed by atoms with Gasteiger partial charge in [0, 0.05) is 18.2 Å². The van der Waals surface area contributed by atoms with Gasteiger partial charge in [-0.15, -0.1) is 0 Å². The van der Waals surface area contributed by atoms with E-state index in [2.05, 4.69) is 5.32 Å². The predicted molar refractivity (Wildman–Crippen MR) is 87.1 cm³/mol. The van der Waals surface area contributed by atoms with Crippen LogP contribution in [0.5, 0.6) is 5.75 Å². The van der Waals surface area contributed by atoms with Crippen molar-refractivity contribution in [1.29, 1.82) is 0 Å². The number of nitro groups is 1. The minimum atomic E-state index is -0.582. The zero-order chi connectivity index (χ0) is 17.7. The number of rotatable bonds is 7. The number of furan rings is 1. The Morgan fingerprint density at radius 3 is 2.71 bits per heavy atom. The first-order chi connectivity index (χ1) is 11.4. The number of amides is 1. The summed E-state index contributed by atoms with van der Waals surface area (Å²) in [5, 5.41) is 13.8. The molecular formula is C16H19N3O5. The van der Waals surface area contributed by atoms with Gasteiger partial charge in [-0.25, -0.2) is 0 Å². The Morgan fingerprint density at radius 1 is 1.42 bits per heavy atom. The third-order valence-corrected chi connectivity index (χ3v) is 3.59. The molecule has 0 saturated carbocycles. The highest BCUT2D eigenvalue weighted by atomic mass is 16.6. The van der Waals surface area contributed by atoms with E-state index in [0.29, 0.717) is 6.54 Å². The lowest BCUT2D eigenvalue weighted by atomic mass is 10.1. The van der Waals surface area contributed by atoms with Crippen LogP contribution in [0.4, 0.5) is 5.69 Å². The SMILES string of the molecule is COc1ccc(C(=O)NCC(c2ccco2)N(C)C)cc1[N+](=O)[O-]. The van der Waals surface area contributed by atoms with Crippen molar-refractivity contribution >= 4 is 11.6 Å². The van der Waals surface area contributed by atoms with Crippen LogP contribution in [-0.4, -0.2) is 43.5 Å². The maximum Gasteiger partial charge on any atom is 0.311 e. The molecule has 8 nitrogen and oxygen atoms in total. The number of hydrogen-bond acceptors (Lipinski definition) is 6. The number of benzene rings is 1. The Morgan fingerprint density at radius 2 is 2.17 bits per heavy atom. The highest BCUT2D eigenvalue weighted by Gasteiger charge is 2.21. The summed E-state index contributed by atoms with van der Waals surface area (Å²) in [5.74, 6) is 0.429. The number of likely N-dealkylation sites (N-methyl/N-ethyl adjacent to an activating group) is 1. The summed E-state index contributed by atoms with van der Waals surface area (Å²) < 4.78 is 10.3. The van der Waals surface area contributed by atoms with Gasteiger partial charge in [-0.05, 0) is 38.4 Å². The maximum atomic E-state index is 12.3. The summed E-state index contributed by atoms with van der Waals surface area (Å²) in [5.41, 5.74) is -0.0557. The molecule has 0 bridgehead atoms. The fraction of sp³-hybridized carbons (Fsp3) is 0.312. The average Bonchev–Trinajstić information content (AvgIpc) is 3.08. The molecule has 0 aliphatic rings. The van der Waals surface area contributed by atoms with Gasteiger partial charge in [0.1, 0.15) is 5.76 Å². The zero-order valence-electron chi connectivity index (χ0n) is 13.7. The van der Waals surface area contributed by atoms with Crippen LogP contribution < -0.4 is 10.1 Å². The van der Waals surface area contributed by atoms with Crippen molar-refractivity contribution in [1.82, 2.24) is 10.2 Å². The fourth-order valence-corrected chi connectivity index (χ4v) is 2.28. The molecule has 1 aromatic carbocycles. The number of nitrogens with zero attached hydrogens (tertiary/aromatic N) is 2. The van der Waals surface area contributed by atoms with E-state index in [1.165, 1.54) is 25.3 Å². The van der Waals surface area contributed by atoms with E-state index in [-0.39, 0.29) is 23.0 Å². The molecule has 24 heavy (non-hydrogen) atoms. The van der Waals surface area contributed by atoms with Crippen molar-refractivity contribution in [3.05, 3.63) is 58.0 Å². The molecule has 1 atom stereocenters. The number of carbonyl (C=O) groups excluding carboxylic acids is 1. The summed E-state index contributed by atoms with van der Waals surface area (Å²) in [6.45, 7) is 0.305. The lowest BCUT2D eigenvalue weighted by Crippen LogP contribution is -2.34. The van der Waals surface area contributed by atoms with Gasteiger partial charge in [-0.2, -0.15) is 0 Å². The number of nitrogens with one attached hydrogen (secondary N) is 1. The molecule has 128 valence electrons. The molecule has 2 rings (SSSR count). The molecule has 1 heterocycles. The molecule has 8 heteroatoms. The van der Waals surface area contributed by atoms with E-state index >= 15 is 0 Å². The minimum absolute atomic E-state index is 0.110. The van der Waals surface area contributed by atoms with Crippen LogP contribution in [0.25, 0.3) is 0 Å². The smallest absolute Gasteiger partial charge is 0.311 e. The number of hydrogen-bond donors (Lipinski definition) is 1. The maximum absolute atomic E-state index is 12.3. The normalized spacial score (nSPS) is 12.0. The van der Waals surface area contributed by atoms with Crippen molar-refractivity contribution in [2.24, 2.45) is 0 Å². The van der Waals surface area contributed by atoms with E-state index in [9.17, 15) is 14.9 Å². The highest BCUT2D eigenvalue weighted by molar-refractivity contribution is 5.95. The molecule has 0 radical (unpaired) electrons. The molecule has 1 unspecified atom stereocenters. The number of carbonyl (C=O) groups is 1. The van der Waals surface area contributed by atoms with Crippen LogP contribution in [-0.2, 0) is 0 Å². The summed E-state index contributed by atoms with van der Waals surface area (Å²) in [7, 11) is 5.09. The van der Waals surface area contributed by atoms with Crippen LogP contribution in [0.3, 0.4) is 0 Å². The van der Waals surface area contributed by atoms with Crippen LogP contribution in [0.2, 0.25) is 0 Å². The first-order valence-electron chi connectivity index (χ1n) is 7.24. The topological polar surface area (TPSA) is 97.8 Å². The Kier molecular flexibility index (Phi) is 5.54. The fourth-order valence-electron chi connectivity index (χ4n) is 2.28. The van der Waals surface area contributed by atoms with E-state index < -0.39 is 10.8 Å². The van der Waals surface area contributed by atoms with Crippen molar-refractivity contribution in [2.45, 2.75) is 6.04 Å². The lowest BCUT2D eigenvalue weighted by molar-refractivity contribution is -0.385. The van der Waals surface area contributed by atoms with E-state index in [1.54, 1.807) is 12.3 Å². The quantitative estimate of drug-likeness (QED) is 0.616. The lowest BCUT2D eigenvalue weighted by Gasteiger charge is -2.22. The van der Waals surface area contributed by atoms with Crippen molar-refractivity contribution in [3.63, 3.8) is 0 Å². The summed E-state index contributed by atoms with van der Waals surface area (Å²) in [6, 6.07) is 7.56. The largest absolute Gasteiger partial charge is 0.490 e. The third kappa shape index (κ3) is 3.90. The molecule has 1 N–H and O–H groups in total. The summed E-state index contributed by atoms with van der Waals surface area (Å²) in [6.07, 6.45) is 1.57. The third-order valence-electron chi connectivity index (χ3n) is 3.59. The number of nitro benzene ring substituents is 1. The molecule has 0 saturated heterocycles. The van der Waals surface area contributed by atoms with Crippen molar-refractivity contribution in [2.75, 3.05) is 27.7 Å². The van der Waals surface area contributed by atoms with Crippen LogP contribution in [0.15, 0.2) is 41.0 Å². The van der Waals surface area contributed by atoms with Crippen molar-refractivity contribution in [3.8, 4) is 5.75 Å². The molecule has 0 spiro atoms. The Labute approximate surface area is 139 Å². The van der Waals surface area contributed by atoms with Gasteiger partial charge >= 0.3 is 5.69 Å². The average molecular weight is 333 g/mol. The predicted octanol–water partition coefficient (Wildman–Crippen LogP) is 2.23. The minimum Gasteiger partial charge on any atom is -0.490 e. The number of methoxy groups -OCH3 is 1. The van der Waals surface area contributed by atoms with Gasteiger partial charge in [0.2, 0.25) is 0 Å². The number of ether oxygens (including phenoxy) is 1. The standard InChI is InChI=1S/C16H19N3O5/c1-18(2)13(15-5-4-8-24-15)10-17-16(20)11-6-7-14(23-3)12(9-11)19(21)22/h4-9,13H,10H2,1-3H3,(H,17,20). The first kappa shape index (κ1) is 17.5. The Hall–Kier alpha value is -2.87. The Bertz CT molecular complexity index is 713. The van der Waals surface area contributed by atoms with E-state index in [4.69, 9.17) is 9.15 Å². The van der Waals surface area contributed by atoms with Crippen molar-refractivity contribution < 1.29 is 18.9 Å². The van der Waals surface area contributed by atoms with Gasteiger partial charge in [-0.1, -0.05) is 0 Å². The van der Waals surface area contributed by atoms with E-state index in [1.807, 2.05) is 25.1 Å². The molecule has 1 aromatic heterocycles. The second kappa shape index (κ2) is 7.60. The second-order valence-electron chi connectivity index (χ2n) is 5.35. The van der Waals surface area contributed by atoms with Gasteiger partial charge in [0.15, 0.2) is 5.75 Å². The molecule has 2 aromatic rings. The molecule has 0 aliphatic carbocycles. The molecule has 1 amide bonds. The molecule has 0 aliphatic heterocycles.